The van der Waals surface area contributed by atoms with Crippen LogP contribution >= 0.6 is 0 Å². The lowest BCUT2D eigenvalue weighted by atomic mass is 9.95. The van der Waals surface area contributed by atoms with Crippen molar-refractivity contribution in [3.8, 4) is 0 Å². The molecule has 2 heterocycles. The number of benzene rings is 2. The summed E-state index contributed by atoms with van der Waals surface area (Å²) in [5.74, 6) is -0.264. The quantitative estimate of drug-likeness (QED) is 0.586. The minimum absolute atomic E-state index is 0.0143. The van der Waals surface area contributed by atoms with Gasteiger partial charge >= 0.3 is 0 Å². The summed E-state index contributed by atoms with van der Waals surface area (Å²) in [5.41, 5.74) is 8.69. The molecule has 8 heteroatoms. The lowest BCUT2D eigenvalue weighted by molar-refractivity contribution is -0.142. The number of rotatable bonds is 7. The molecular formula is C26H32FN5O2. The number of halogens is 1. The number of hydrazine groups is 2. The molecule has 2 aromatic rings. The van der Waals surface area contributed by atoms with Gasteiger partial charge in [-0.05, 0) is 29.5 Å². The maximum atomic E-state index is 14.5. The Morgan fingerprint density at radius 3 is 2.26 bits per heavy atom. The molecule has 0 aliphatic carbocycles. The van der Waals surface area contributed by atoms with E-state index in [4.69, 9.17) is 0 Å². The third-order valence-electron chi connectivity index (χ3n) is 6.48. The highest BCUT2D eigenvalue weighted by Crippen LogP contribution is 2.27. The lowest BCUT2D eigenvalue weighted by Crippen LogP contribution is -2.54. The van der Waals surface area contributed by atoms with Crippen molar-refractivity contribution in [1.29, 1.82) is 0 Å². The second-order valence-corrected chi connectivity index (χ2v) is 9.17. The molecule has 3 N–H and O–H groups in total. The smallest absolute Gasteiger partial charge is 0.247 e. The van der Waals surface area contributed by atoms with Crippen molar-refractivity contribution >= 4 is 11.8 Å². The van der Waals surface area contributed by atoms with Crippen molar-refractivity contribution in [3.63, 3.8) is 0 Å². The zero-order chi connectivity index (χ0) is 24.2. The third-order valence-corrected chi connectivity index (χ3v) is 6.48. The number of amides is 2. The maximum absolute atomic E-state index is 14.5. The molecule has 2 aliphatic rings. The Bertz CT molecular complexity index is 1030. The molecule has 1 fully saturated rings. The fraction of sp³-hybridized carbons (Fsp3) is 0.385. The van der Waals surface area contributed by atoms with Crippen LogP contribution in [0.5, 0.6) is 0 Å². The van der Waals surface area contributed by atoms with Crippen LogP contribution < -0.4 is 16.3 Å². The number of likely N-dealkylation sites (tertiary alicyclic amines) is 1. The fourth-order valence-electron chi connectivity index (χ4n) is 4.44. The number of hydrogen-bond acceptors (Lipinski definition) is 5. The van der Waals surface area contributed by atoms with E-state index in [0.717, 1.165) is 11.1 Å². The Morgan fingerprint density at radius 1 is 1.00 bits per heavy atom. The van der Waals surface area contributed by atoms with Gasteiger partial charge in [0.1, 0.15) is 18.3 Å². The van der Waals surface area contributed by atoms with Crippen LogP contribution in [-0.4, -0.2) is 46.5 Å². The van der Waals surface area contributed by atoms with E-state index in [2.05, 4.69) is 42.3 Å². The number of carbonyl (C=O) groups excluding carboxylic acids is 2. The molecule has 4 atom stereocenters. The zero-order valence-electron chi connectivity index (χ0n) is 19.7. The predicted octanol–water partition coefficient (Wildman–Crippen LogP) is 3.14. The van der Waals surface area contributed by atoms with E-state index in [1.165, 1.54) is 10.5 Å². The van der Waals surface area contributed by atoms with E-state index in [1.807, 2.05) is 42.5 Å². The molecule has 1 unspecified atom stereocenters. The first-order valence-electron chi connectivity index (χ1n) is 11.7. The average molecular weight is 466 g/mol. The minimum Gasteiger partial charge on any atom is -0.343 e. The van der Waals surface area contributed by atoms with Gasteiger partial charge in [0.05, 0.1) is 12.6 Å². The number of alkyl halides is 1. The summed E-state index contributed by atoms with van der Waals surface area (Å²) < 4.78 is 14.5. The normalized spacial score (nSPS) is 21.4. The highest BCUT2D eigenvalue weighted by Gasteiger charge is 2.42. The van der Waals surface area contributed by atoms with Gasteiger partial charge in [-0.15, -0.1) is 5.53 Å². The molecule has 0 bridgehead atoms. The van der Waals surface area contributed by atoms with E-state index >= 15 is 0 Å². The van der Waals surface area contributed by atoms with Gasteiger partial charge < -0.3 is 15.6 Å². The minimum atomic E-state index is -1.24. The van der Waals surface area contributed by atoms with Crippen LogP contribution in [-0.2, 0) is 9.59 Å². The number of nitrogens with zero attached hydrogens (tertiary/aromatic N) is 2. The molecular weight excluding hydrogens is 433 g/mol. The first-order valence-corrected chi connectivity index (χ1v) is 11.7. The number of nitrogens with one attached hydrogen (secondary N) is 3. The average Bonchev–Trinajstić information content (AvgIpc) is 3.52. The molecule has 4 rings (SSSR count). The molecule has 2 aliphatic heterocycles. The molecule has 0 aromatic heterocycles. The van der Waals surface area contributed by atoms with Gasteiger partial charge in [0.15, 0.2) is 0 Å². The van der Waals surface area contributed by atoms with E-state index in [-0.39, 0.29) is 24.8 Å². The summed E-state index contributed by atoms with van der Waals surface area (Å²) in [6.07, 6.45) is 2.09. The standard InChI is InChI=1S/C26H32FN5O2/c1-17(2)19-9-11-21(12-10-19)24(20-7-5-4-6-8-20)29-25(33)23-15-22(27)16-31(23)26(34)18(3)32-14-13-28-30-32/h4-14,17-18,22-24,28,30H,15-16H2,1-3H3,(H,29,33)/t18?,22-,23+,24+/m1/s1. The summed E-state index contributed by atoms with van der Waals surface area (Å²) in [5, 5.41) is 4.69. The molecule has 2 aromatic carbocycles. The largest absolute Gasteiger partial charge is 0.343 e. The Hall–Kier alpha value is -3.39. The van der Waals surface area contributed by atoms with Crippen molar-refractivity contribution in [3.05, 3.63) is 83.7 Å². The highest BCUT2D eigenvalue weighted by atomic mass is 19.1. The predicted molar refractivity (Wildman–Crippen MR) is 129 cm³/mol. The van der Waals surface area contributed by atoms with Crippen molar-refractivity contribution in [2.24, 2.45) is 0 Å². The van der Waals surface area contributed by atoms with E-state index < -0.39 is 24.3 Å². The lowest BCUT2D eigenvalue weighted by Gasteiger charge is -2.31. The first kappa shape index (κ1) is 23.8. The summed E-state index contributed by atoms with van der Waals surface area (Å²) in [4.78, 5) is 28.0. The Balaban J connectivity index is 1.56. The van der Waals surface area contributed by atoms with Crippen molar-refractivity contribution in [2.45, 2.75) is 57.4 Å². The van der Waals surface area contributed by atoms with Crippen molar-refractivity contribution < 1.29 is 14.0 Å². The maximum Gasteiger partial charge on any atom is 0.247 e. The SMILES string of the molecule is CC(C)c1ccc([C@@H](NC(=O)[C@@H]2C[C@@H](F)CN2C(=O)C(C)N2C=CNN2)c2ccccc2)cc1. The summed E-state index contributed by atoms with van der Waals surface area (Å²) in [7, 11) is 0. The second kappa shape index (κ2) is 10.3. The topological polar surface area (TPSA) is 76.7 Å². The molecule has 34 heavy (non-hydrogen) atoms. The van der Waals surface area contributed by atoms with E-state index in [0.29, 0.717) is 5.92 Å². The summed E-state index contributed by atoms with van der Waals surface area (Å²) in [6.45, 7) is 5.89. The van der Waals surface area contributed by atoms with Gasteiger partial charge in [0.2, 0.25) is 11.8 Å². The third kappa shape index (κ3) is 5.07. The molecule has 1 saturated heterocycles. The van der Waals surface area contributed by atoms with E-state index in [1.54, 1.807) is 24.3 Å². The van der Waals surface area contributed by atoms with Gasteiger partial charge in [-0.25, -0.2) is 4.39 Å². The highest BCUT2D eigenvalue weighted by molar-refractivity contribution is 5.90. The van der Waals surface area contributed by atoms with Crippen LogP contribution in [0.3, 0.4) is 0 Å². The molecule has 2 amide bonds. The fourth-order valence-corrected chi connectivity index (χ4v) is 4.44. The Morgan fingerprint density at radius 2 is 1.65 bits per heavy atom. The van der Waals surface area contributed by atoms with Crippen LogP contribution in [0.25, 0.3) is 0 Å². The van der Waals surface area contributed by atoms with Crippen molar-refractivity contribution in [2.75, 3.05) is 6.54 Å². The van der Waals surface area contributed by atoms with Crippen LogP contribution in [0.1, 0.15) is 55.8 Å². The molecule has 0 radical (unpaired) electrons. The Kier molecular flexibility index (Phi) is 7.17. The van der Waals surface area contributed by atoms with Gasteiger partial charge in [-0.3, -0.25) is 14.6 Å². The van der Waals surface area contributed by atoms with Crippen LogP contribution in [0.15, 0.2) is 67.0 Å². The van der Waals surface area contributed by atoms with E-state index in [9.17, 15) is 14.0 Å². The van der Waals surface area contributed by atoms with Gasteiger partial charge in [0.25, 0.3) is 0 Å². The molecule has 7 nitrogen and oxygen atoms in total. The molecule has 0 saturated carbocycles. The molecule has 180 valence electrons. The van der Waals surface area contributed by atoms with Crippen molar-refractivity contribution in [1.82, 2.24) is 26.2 Å². The Labute approximate surface area is 199 Å². The summed E-state index contributed by atoms with van der Waals surface area (Å²) >= 11 is 0. The zero-order valence-corrected chi connectivity index (χ0v) is 19.7. The van der Waals surface area contributed by atoms with Crippen LogP contribution in [0.4, 0.5) is 4.39 Å². The monoisotopic (exact) mass is 465 g/mol. The van der Waals surface area contributed by atoms with Gasteiger partial charge in [-0.1, -0.05) is 68.4 Å². The second-order valence-electron chi connectivity index (χ2n) is 9.17. The van der Waals surface area contributed by atoms with Crippen LogP contribution in [0.2, 0.25) is 0 Å². The number of carbonyl (C=O) groups is 2. The molecule has 0 spiro atoms. The first-order chi connectivity index (χ1) is 16.3. The van der Waals surface area contributed by atoms with Crippen LogP contribution in [0, 0.1) is 0 Å². The van der Waals surface area contributed by atoms with Gasteiger partial charge in [-0.2, -0.15) is 0 Å². The summed E-state index contributed by atoms with van der Waals surface area (Å²) in [6, 6.07) is 16.0. The van der Waals surface area contributed by atoms with Gasteiger partial charge in [0, 0.05) is 18.8 Å². The number of hydrogen-bond donors (Lipinski definition) is 3.